The maximum atomic E-state index is 12.4. The molecule has 0 bridgehead atoms. The van der Waals surface area contributed by atoms with E-state index in [1.54, 1.807) is 11.9 Å². The molecule has 2 aromatic carbocycles. The van der Waals surface area contributed by atoms with Crippen LogP contribution < -0.4 is 10.6 Å². The second-order valence-electron chi connectivity index (χ2n) is 6.69. The molecule has 2 amide bonds. The van der Waals surface area contributed by atoms with Crippen LogP contribution in [0.3, 0.4) is 0 Å². The highest BCUT2D eigenvalue weighted by Crippen LogP contribution is 2.21. The van der Waals surface area contributed by atoms with Gasteiger partial charge in [-0.2, -0.15) is 0 Å². The van der Waals surface area contributed by atoms with Crippen LogP contribution in [0.15, 0.2) is 40.9 Å². The Kier molecular flexibility index (Phi) is 7.56. The first-order valence-corrected chi connectivity index (χ1v) is 9.72. The van der Waals surface area contributed by atoms with Gasteiger partial charge in [-0.05, 0) is 62.2 Å². The van der Waals surface area contributed by atoms with Crippen molar-refractivity contribution in [1.82, 2.24) is 4.90 Å². The molecule has 0 aliphatic rings. The summed E-state index contributed by atoms with van der Waals surface area (Å²) >= 11 is 3.41. The molecule has 0 aliphatic heterocycles. The summed E-state index contributed by atoms with van der Waals surface area (Å²) in [4.78, 5) is 26.3. The molecule has 0 saturated heterocycles. The number of amides is 2. The third-order valence-electron chi connectivity index (χ3n) is 4.29. The van der Waals surface area contributed by atoms with Crippen molar-refractivity contribution in [3.05, 3.63) is 57.6 Å². The highest BCUT2D eigenvalue weighted by Gasteiger charge is 2.14. The number of nitrogens with one attached hydrogen (secondary N) is 2. The van der Waals surface area contributed by atoms with E-state index in [0.29, 0.717) is 0 Å². The maximum Gasteiger partial charge on any atom is 0.238 e. The molecule has 2 aromatic rings. The van der Waals surface area contributed by atoms with Crippen LogP contribution in [0.1, 0.15) is 23.6 Å². The summed E-state index contributed by atoms with van der Waals surface area (Å²) in [5.74, 6) is -0.282. The molecule has 6 heteroatoms. The molecule has 0 fully saturated rings. The summed E-state index contributed by atoms with van der Waals surface area (Å²) < 4.78 is 0.967. The van der Waals surface area contributed by atoms with Crippen molar-refractivity contribution < 1.29 is 9.59 Å². The van der Waals surface area contributed by atoms with Gasteiger partial charge in [-0.15, -0.1) is 0 Å². The van der Waals surface area contributed by atoms with Crippen LogP contribution in [0.25, 0.3) is 0 Å². The minimum atomic E-state index is -0.152. The van der Waals surface area contributed by atoms with E-state index in [1.807, 2.05) is 50.2 Å². The van der Waals surface area contributed by atoms with Crippen molar-refractivity contribution in [3.8, 4) is 0 Å². The van der Waals surface area contributed by atoms with Gasteiger partial charge in [-0.25, -0.2) is 0 Å². The number of aryl methyl sites for hydroxylation is 3. The second kappa shape index (κ2) is 9.67. The van der Waals surface area contributed by atoms with E-state index in [0.717, 1.165) is 39.0 Å². The predicted molar refractivity (Wildman–Crippen MR) is 114 cm³/mol. The van der Waals surface area contributed by atoms with E-state index in [4.69, 9.17) is 0 Å². The summed E-state index contributed by atoms with van der Waals surface area (Å²) in [5.41, 5.74) is 4.76. The Hall–Kier alpha value is -2.18. The first-order chi connectivity index (χ1) is 12.8. The average molecular weight is 432 g/mol. The van der Waals surface area contributed by atoms with Gasteiger partial charge in [-0.1, -0.05) is 41.1 Å². The average Bonchev–Trinajstić information content (AvgIpc) is 2.59. The molecule has 0 heterocycles. The summed E-state index contributed by atoms with van der Waals surface area (Å²) in [6.07, 6.45) is 0.849. The number of carbonyl (C=O) groups excluding carboxylic acids is 2. The van der Waals surface area contributed by atoms with Gasteiger partial charge >= 0.3 is 0 Å². The van der Waals surface area contributed by atoms with Crippen LogP contribution in [0.5, 0.6) is 0 Å². The molecular weight excluding hydrogens is 406 g/mol. The third kappa shape index (κ3) is 6.19. The van der Waals surface area contributed by atoms with Gasteiger partial charge in [0.15, 0.2) is 0 Å². The number of para-hydroxylation sites is 1. The number of halogens is 1. The molecule has 2 N–H and O–H groups in total. The summed E-state index contributed by atoms with van der Waals surface area (Å²) in [6.45, 7) is 6.25. The molecule has 27 heavy (non-hydrogen) atoms. The van der Waals surface area contributed by atoms with E-state index in [9.17, 15) is 9.59 Å². The number of nitrogens with zero attached hydrogens (tertiary/aromatic N) is 1. The molecular formula is C21H26BrN3O2. The van der Waals surface area contributed by atoms with Crippen LogP contribution in [-0.2, 0) is 16.0 Å². The number of benzene rings is 2. The zero-order valence-corrected chi connectivity index (χ0v) is 17.8. The number of hydrogen-bond donors (Lipinski definition) is 2. The molecule has 5 nitrogen and oxygen atoms in total. The zero-order valence-electron chi connectivity index (χ0n) is 16.2. The Balaban J connectivity index is 1.90. The van der Waals surface area contributed by atoms with E-state index >= 15 is 0 Å². The fourth-order valence-corrected chi connectivity index (χ4v) is 3.36. The lowest BCUT2D eigenvalue weighted by atomic mass is 10.1. The minimum Gasteiger partial charge on any atom is -0.325 e. The maximum absolute atomic E-state index is 12.4. The van der Waals surface area contributed by atoms with Gasteiger partial charge < -0.3 is 10.6 Å². The fourth-order valence-electron chi connectivity index (χ4n) is 2.88. The summed E-state index contributed by atoms with van der Waals surface area (Å²) in [6, 6.07) is 11.7. The van der Waals surface area contributed by atoms with E-state index in [2.05, 4.69) is 33.5 Å². The quantitative estimate of drug-likeness (QED) is 0.692. The molecule has 0 atom stereocenters. The zero-order chi connectivity index (χ0) is 20.0. The van der Waals surface area contributed by atoms with Crippen molar-refractivity contribution in [2.45, 2.75) is 27.2 Å². The summed E-state index contributed by atoms with van der Waals surface area (Å²) in [5, 5.41) is 5.87. The molecule has 0 unspecified atom stereocenters. The van der Waals surface area contributed by atoms with Crippen molar-refractivity contribution in [2.24, 2.45) is 0 Å². The Labute approximate surface area is 169 Å². The predicted octanol–water partition coefficient (Wildman–Crippen LogP) is 4.14. The topological polar surface area (TPSA) is 61.4 Å². The Morgan fingerprint density at radius 2 is 1.67 bits per heavy atom. The van der Waals surface area contributed by atoms with Crippen molar-refractivity contribution in [2.75, 3.05) is 30.8 Å². The van der Waals surface area contributed by atoms with Gasteiger partial charge in [0.25, 0.3) is 0 Å². The van der Waals surface area contributed by atoms with Gasteiger partial charge in [-0.3, -0.25) is 14.5 Å². The largest absolute Gasteiger partial charge is 0.325 e. The monoisotopic (exact) mass is 431 g/mol. The third-order valence-corrected chi connectivity index (χ3v) is 4.79. The second-order valence-corrected chi connectivity index (χ2v) is 7.61. The molecule has 0 radical (unpaired) electrons. The highest BCUT2D eigenvalue weighted by atomic mass is 79.9. The molecule has 144 valence electrons. The smallest absolute Gasteiger partial charge is 0.238 e. The number of hydrogen-bond acceptors (Lipinski definition) is 3. The molecule has 2 rings (SSSR count). The van der Waals surface area contributed by atoms with E-state index in [1.165, 1.54) is 0 Å². The lowest BCUT2D eigenvalue weighted by Gasteiger charge is -2.18. The Morgan fingerprint density at radius 1 is 1.00 bits per heavy atom. The first-order valence-electron chi connectivity index (χ1n) is 8.93. The number of anilines is 2. The molecule has 0 aromatic heterocycles. The van der Waals surface area contributed by atoms with Gasteiger partial charge in [0, 0.05) is 15.8 Å². The Bertz CT molecular complexity index is 836. The SMILES string of the molecule is CCc1cccc(C)c1NC(=O)CN(C)CC(=O)Nc1ccc(Br)cc1C. The number of rotatable bonds is 7. The van der Waals surface area contributed by atoms with Crippen LogP contribution in [0.2, 0.25) is 0 Å². The lowest BCUT2D eigenvalue weighted by Crippen LogP contribution is -2.36. The van der Waals surface area contributed by atoms with Crippen LogP contribution in [0, 0.1) is 13.8 Å². The van der Waals surface area contributed by atoms with Crippen LogP contribution >= 0.6 is 15.9 Å². The standard InChI is InChI=1S/C21H26BrN3O2/c1-5-16-8-6-7-14(2)21(16)24-20(27)13-25(4)12-19(26)23-18-10-9-17(22)11-15(18)3/h6-11H,5,12-13H2,1-4H3,(H,23,26)(H,24,27). The molecule has 0 spiro atoms. The highest BCUT2D eigenvalue weighted by molar-refractivity contribution is 9.10. The van der Waals surface area contributed by atoms with Gasteiger partial charge in [0.05, 0.1) is 13.1 Å². The normalized spacial score (nSPS) is 10.7. The Morgan fingerprint density at radius 3 is 2.30 bits per heavy atom. The summed E-state index contributed by atoms with van der Waals surface area (Å²) in [7, 11) is 1.76. The number of carbonyl (C=O) groups is 2. The first kappa shape index (κ1) is 21.1. The number of likely N-dealkylation sites (N-methyl/N-ethyl adjacent to an activating group) is 1. The fraction of sp³-hybridized carbons (Fsp3) is 0.333. The van der Waals surface area contributed by atoms with Gasteiger partial charge in [0.1, 0.15) is 0 Å². The minimum absolute atomic E-state index is 0.130. The van der Waals surface area contributed by atoms with Crippen LogP contribution in [-0.4, -0.2) is 36.9 Å². The van der Waals surface area contributed by atoms with Crippen molar-refractivity contribution >= 4 is 39.1 Å². The lowest BCUT2D eigenvalue weighted by molar-refractivity contribution is -0.119. The van der Waals surface area contributed by atoms with Gasteiger partial charge in [0.2, 0.25) is 11.8 Å². The van der Waals surface area contributed by atoms with E-state index < -0.39 is 0 Å². The molecule has 0 saturated carbocycles. The van der Waals surface area contributed by atoms with Crippen molar-refractivity contribution in [1.29, 1.82) is 0 Å². The van der Waals surface area contributed by atoms with Crippen molar-refractivity contribution in [3.63, 3.8) is 0 Å². The van der Waals surface area contributed by atoms with E-state index in [-0.39, 0.29) is 24.9 Å². The van der Waals surface area contributed by atoms with Crippen LogP contribution in [0.4, 0.5) is 11.4 Å². The molecule has 0 aliphatic carbocycles.